The maximum Gasteiger partial charge on any atom is 0.225 e. The third-order valence-electron chi connectivity index (χ3n) is 4.17. The zero-order valence-corrected chi connectivity index (χ0v) is 10.4. The van der Waals surface area contributed by atoms with Gasteiger partial charge in [0, 0.05) is 24.9 Å². The van der Waals surface area contributed by atoms with E-state index in [2.05, 4.69) is 6.92 Å². The number of aliphatic hydroxyl groups is 1. The van der Waals surface area contributed by atoms with Gasteiger partial charge in [0.15, 0.2) is 0 Å². The second-order valence-electron chi connectivity index (χ2n) is 5.55. The zero-order chi connectivity index (χ0) is 11.7. The molecule has 0 bridgehead atoms. The lowest BCUT2D eigenvalue weighted by Crippen LogP contribution is -2.45. The van der Waals surface area contributed by atoms with E-state index in [1.807, 2.05) is 11.8 Å². The Balaban J connectivity index is 1.90. The van der Waals surface area contributed by atoms with Crippen molar-refractivity contribution in [3.63, 3.8) is 0 Å². The summed E-state index contributed by atoms with van der Waals surface area (Å²) in [4.78, 5) is 14.2. The first-order valence-electron chi connectivity index (χ1n) is 6.56. The number of hydrogen-bond acceptors (Lipinski definition) is 2. The molecule has 1 heterocycles. The second-order valence-corrected chi connectivity index (χ2v) is 5.55. The van der Waals surface area contributed by atoms with Gasteiger partial charge in [-0.1, -0.05) is 6.92 Å². The summed E-state index contributed by atoms with van der Waals surface area (Å²) in [5.41, 5.74) is 0. The van der Waals surface area contributed by atoms with Crippen LogP contribution in [0.4, 0.5) is 0 Å². The standard InChI is InChI=1S/C13H23NO2/c1-9(11-5-6-11)13(16)14-7-3-4-12(8-14)10(2)15/h9-12,15H,3-8H2,1-2H3. The fourth-order valence-corrected chi connectivity index (χ4v) is 2.69. The van der Waals surface area contributed by atoms with E-state index in [1.165, 1.54) is 12.8 Å². The fraction of sp³-hybridized carbons (Fsp3) is 0.923. The molecule has 92 valence electrons. The fourth-order valence-electron chi connectivity index (χ4n) is 2.69. The molecule has 3 unspecified atom stereocenters. The Kier molecular flexibility index (Phi) is 3.53. The van der Waals surface area contributed by atoms with Gasteiger partial charge in [-0.25, -0.2) is 0 Å². The molecule has 2 fully saturated rings. The van der Waals surface area contributed by atoms with Crippen LogP contribution in [-0.4, -0.2) is 35.1 Å². The first-order valence-corrected chi connectivity index (χ1v) is 6.56. The molecule has 1 amide bonds. The molecule has 3 heteroatoms. The molecule has 1 aliphatic carbocycles. The largest absolute Gasteiger partial charge is 0.393 e. The zero-order valence-electron chi connectivity index (χ0n) is 10.4. The summed E-state index contributed by atoms with van der Waals surface area (Å²) in [7, 11) is 0. The highest BCUT2D eigenvalue weighted by molar-refractivity contribution is 5.79. The number of likely N-dealkylation sites (tertiary alicyclic amines) is 1. The second kappa shape index (κ2) is 4.74. The molecule has 2 aliphatic rings. The van der Waals surface area contributed by atoms with Crippen LogP contribution in [0.5, 0.6) is 0 Å². The van der Waals surface area contributed by atoms with E-state index in [-0.39, 0.29) is 17.9 Å². The van der Waals surface area contributed by atoms with Gasteiger partial charge >= 0.3 is 0 Å². The van der Waals surface area contributed by atoms with E-state index >= 15 is 0 Å². The molecule has 0 aromatic carbocycles. The Morgan fingerprint density at radius 1 is 1.25 bits per heavy atom. The molecule has 1 N–H and O–H groups in total. The van der Waals surface area contributed by atoms with Crippen molar-refractivity contribution in [3.8, 4) is 0 Å². The molecule has 1 aliphatic heterocycles. The first-order chi connectivity index (χ1) is 7.59. The summed E-state index contributed by atoms with van der Waals surface area (Å²) in [5.74, 6) is 1.43. The Bertz CT molecular complexity index is 261. The molecule has 16 heavy (non-hydrogen) atoms. The third-order valence-corrected chi connectivity index (χ3v) is 4.17. The predicted octanol–water partition coefficient (Wildman–Crippen LogP) is 1.65. The Labute approximate surface area is 97.8 Å². The van der Waals surface area contributed by atoms with Gasteiger partial charge in [0.25, 0.3) is 0 Å². The van der Waals surface area contributed by atoms with Gasteiger partial charge < -0.3 is 10.0 Å². The van der Waals surface area contributed by atoms with Crippen molar-refractivity contribution in [3.05, 3.63) is 0 Å². The maximum atomic E-state index is 12.2. The predicted molar refractivity (Wildman–Crippen MR) is 62.9 cm³/mol. The highest BCUT2D eigenvalue weighted by Gasteiger charge is 2.36. The number of piperidine rings is 1. The van der Waals surface area contributed by atoms with Gasteiger partial charge in [-0.15, -0.1) is 0 Å². The van der Waals surface area contributed by atoms with Gasteiger partial charge in [-0.05, 0) is 38.5 Å². The lowest BCUT2D eigenvalue weighted by atomic mass is 9.92. The molecular weight excluding hydrogens is 202 g/mol. The number of carbonyl (C=O) groups excluding carboxylic acids is 1. The van der Waals surface area contributed by atoms with E-state index in [4.69, 9.17) is 0 Å². The van der Waals surface area contributed by atoms with E-state index in [1.54, 1.807) is 0 Å². The van der Waals surface area contributed by atoms with Crippen LogP contribution in [0.1, 0.15) is 39.5 Å². The van der Waals surface area contributed by atoms with Gasteiger partial charge in [0.05, 0.1) is 6.10 Å². The topological polar surface area (TPSA) is 40.5 Å². The minimum Gasteiger partial charge on any atom is -0.393 e. The molecule has 1 saturated heterocycles. The highest BCUT2D eigenvalue weighted by atomic mass is 16.3. The van der Waals surface area contributed by atoms with Crippen LogP contribution in [0.15, 0.2) is 0 Å². The van der Waals surface area contributed by atoms with Gasteiger partial charge in [-0.2, -0.15) is 0 Å². The molecule has 2 rings (SSSR count). The van der Waals surface area contributed by atoms with Gasteiger partial charge in [0.2, 0.25) is 5.91 Å². The Hall–Kier alpha value is -0.570. The quantitative estimate of drug-likeness (QED) is 0.793. The van der Waals surface area contributed by atoms with Crippen molar-refractivity contribution in [2.75, 3.05) is 13.1 Å². The van der Waals surface area contributed by atoms with Crippen molar-refractivity contribution in [1.82, 2.24) is 4.90 Å². The first kappa shape index (κ1) is 11.9. The van der Waals surface area contributed by atoms with E-state index < -0.39 is 0 Å². The number of nitrogens with zero attached hydrogens (tertiary/aromatic N) is 1. The van der Waals surface area contributed by atoms with Gasteiger partial charge in [0.1, 0.15) is 0 Å². The van der Waals surface area contributed by atoms with Crippen molar-refractivity contribution in [1.29, 1.82) is 0 Å². The minimum atomic E-state index is -0.285. The van der Waals surface area contributed by atoms with Crippen LogP contribution in [0.2, 0.25) is 0 Å². The third kappa shape index (κ3) is 2.57. The van der Waals surface area contributed by atoms with Gasteiger partial charge in [-0.3, -0.25) is 4.79 Å². The SMILES string of the molecule is CC(O)C1CCCN(C(=O)C(C)C2CC2)C1. The van der Waals surface area contributed by atoms with Crippen LogP contribution >= 0.6 is 0 Å². The number of carbonyl (C=O) groups is 1. The van der Waals surface area contributed by atoms with Crippen LogP contribution in [0, 0.1) is 17.8 Å². The molecule has 1 saturated carbocycles. The Morgan fingerprint density at radius 3 is 2.50 bits per heavy atom. The molecule has 3 nitrogen and oxygen atoms in total. The number of hydrogen-bond donors (Lipinski definition) is 1. The number of rotatable bonds is 3. The van der Waals surface area contributed by atoms with E-state index in [0.29, 0.717) is 11.8 Å². The van der Waals surface area contributed by atoms with E-state index in [0.717, 1.165) is 25.9 Å². The highest BCUT2D eigenvalue weighted by Crippen LogP contribution is 2.38. The normalized spacial score (nSPS) is 29.9. The summed E-state index contributed by atoms with van der Waals surface area (Å²) >= 11 is 0. The average molecular weight is 225 g/mol. The molecular formula is C13H23NO2. The lowest BCUT2D eigenvalue weighted by Gasteiger charge is -2.35. The van der Waals surface area contributed by atoms with Crippen LogP contribution in [0.3, 0.4) is 0 Å². The molecule has 3 atom stereocenters. The summed E-state index contributed by atoms with van der Waals surface area (Å²) in [6.45, 7) is 5.54. The number of aliphatic hydroxyl groups excluding tert-OH is 1. The summed E-state index contributed by atoms with van der Waals surface area (Å²) in [6.07, 6.45) is 4.26. The summed E-state index contributed by atoms with van der Waals surface area (Å²) in [5, 5.41) is 9.60. The molecule has 0 spiro atoms. The summed E-state index contributed by atoms with van der Waals surface area (Å²) < 4.78 is 0. The van der Waals surface area contributed by atoms with Crippen LogP contribution in [-0.2, 0) is 4.79 Å². The average Bonchev–Trinajstić information content (AvgIpc) is 3.11. The van der Waals surface area contributed by atoms with Crippen LogP contribution in [0.25, 0.3) is 0 Å². The van der Waals surface area contributed by atoms with Crippen molar-refractivity contribution in [2.45, 2.75) is 45.6 Å². The molecule has 0 aromatic heterocycles. The number of amides is 1. The monoisotopic (exact) mass is 225 g/mol. The molecule has 0 aromatic rings. The Morgan fingerprint density at radius 2 is 1.94 bits per heavy atom. The lowest BCUT2D eigenvalue weighted by molar-refractivity contribution is -0.138. The smallest absolute Gasteiger partial charge is 0.225 e. The van der Waals surface area contributed by atoms with E-state index in [9.17, 15) is 9.90 Å². The maximum absolute atomic E-state index is 12.2. The van der Waals surface area contributed by atoms with Crippen molar-refractivity contribution in [2.24, 2.45) is 17.8 Å². The summed E-state index contributed by atoms with van der Waals surface area (Å²) in [6, 6.07) is 0. The minimum absolute atomic E-state index is 0.202. The molecule has 0 radical (unpaired) electrons. The van der Waals surface area contributed by atoms with Crippen molar-refractivity contribution >= 4 is 5.91 Å². The van der Waals surface area contributed by atoms with Crippen molar-refractivity contribution < 1.29 is 9.90 Å². The van der Waals surface area contributed by atoms with Crippen LogP contribution < -0.4 is 0 Å².